The molecule has 27 heavy (non-hydrogen) atoms. The number of carbonyl (C=O) groups is 1. The van der Waals surface area contributed by atoms with Crippen molar-refractivity contribution in [3.8, 4) is 5.82 Å². The van der Waals surface area contributed by atoms with Gasteiger partial charge in [-0.1, -0.05) is 5.21 Å². The number of nitrogens with zero attached hydrogens (tertiary/aromatic N) is 5. The van der Waals surface area contributed by atoms with E-state index >= 15 is 0 Å². The first kappa shape index (κ1) is 23.1. The van der Waals surface area contributed by atoms with E-state index in [0.29, 0.717) is 13.1 Å². The first-order chi connectivity index (χ1) is 11.9. The topological polar surface area (TPSA) is 75.9 Å². The standard InChI is InChI=1S/C15H17F3N6O.2ClH/c1-19-8-11-3-2-6-23(11)14(25)12-9-24(22-21-12)13-5-4-10(7-20-13)15(16,17)18;;/h4-5,7,9,11,19H,2-3,6,8H2,1H3;2*1H. The van der Waals surface area contributed by atoms with Crippen molar-refractivity contribution in [3.05, 3.63) is 35.8 Å². The highest BCUT2D eigenvalue weighted by Crippen LogP contribution is 2.28. The number of carbonyl (C=O) groups excluding carboxylic acids is 1. The van der Waals surface area contributed by atoms with Crippen LogP contribution in [0.4, 0.5) is 13.2 Å². The second-order valence-corrected chi connectivity index (χ2v) is 5.80. The van der Waals surface area contributed by atoms with Gasteiger partial charge in [0.25, 0.3) is 5.91 Å². The number of halogens is 5. The van der Waals surface area contributed by atoms with Crippen molar-refractivity contribution in [2.24, 2.45) is 0 Å². The van der Waals surface area contributed by atoms with Crippen LogP contribution in [0.25, 0.3) is 5.82 Å². The third kappa shape index (κ3) is 5.08. The molecule has 0 bridgehead atoms. The summed E-state index contributed by atoms with van der Waals surface area (Å²) in [5.74, 6) is -0.0799. The number of likely N-dealkylation sites (tertiary alicyclic amines) is 1. The van der Waals surface area contributed by atoms with Gasteiger partial charge in [-0.3, -0.25) is 4.79 Å². The third-order valence-corrected chi connectivity index (χ3v) is 4.10. The van der Waals surface area contributed by atoms with Gasteiger partial charge in [0.15, 0.2) is 11.5 Å². The van der Waals surface area contributed by atoms with Crippen LogP contribution in [0.2, 0.25) is 0 Å². The Balaban J connectivity index is 0.00000182. The molecule has 0 spiro atoms. The fourth-order valence-electron chi connectivity index (χ4n) is 2.86. The van der Waals surface area contributed by atoms with Gasteiger partial charge in [0.05, 0.1) is 11.8 Å². The van der Waals surface area contributed by atoms with Gasteiger partial charge in [-0.05, 0) is 32.0 Å². The molecule has 3 rings (SSSR count). The molecule has 0 aromatic carbocycles. The van der Waals surface area contributed by atoms with Crippen molar-refractivity contribution >= 4 is 30.7 Å². The van der Waals surface area contributed by atoms with E-state index in [1.807, 2.05) is 7.05 Å². The summed E-state index contributed by atoms with van der Waals surface area (Å²) >= 11 is 0. The van der Waals surface area contributed by atoms with Crippen LogP contribution in [0, 0.1) is 0 Å². The lowest BCUT2D eigenvalue weighted by atomic mass is 10.2. The van der Waals surface area contributed by atoms with Crippen molar-refractivity contribution < 1.29 is 18.0 Å². The SMILES string of the molecule is CNCC1CCCN1C(=O)c1cn(-c2ccc(C(F)(F)F)cn2)nn1.Cl.Cl. The molecular weight excluding hydrogens is 408 g/mol. The highest BCUT2D eigenvalue weighted by Gasteiger charge is 2.32. The largest absolute Gasteiger partial charge is 0.417 e. The van der Waals surface area contributed by atoms with E-state index in [9.17, 15) is 18.0 Å². The third-order valence-electron chi connectivity index (χ3n) is 4.10. The van der Waals surface area contributed by atoms with Gasteiger partial charge >= 0.3 is 6.18 Å². The first-order valence-corrected chi connectivity index (χ1v) is 7.81. The Bertz CT molecular complexity index is 753. The lowest BCUT2D eigenvalue weighted by molar-refractivity contribution is -0.137. The molecule has 1 aliphatic heterocycles. The van der Waals surface area contributed by atoms with E-state index in [4.69, 9.17) is 0 Å². The highest BCUT2D eigenvalue weighted by atomic mass is 35.5. The molecular formula is C15H19Cl2F3N6O. The van der Waals surface area contributed by atoms with E-state index < -0.39 is 11.7 Å². The molecule has 1 N–H and O–H groups in total. The highest BCUT2D eigenvalue weighted by molar-refractivity contribution is 5.92. The van der Waals surface area contributed by atoms with Gasteiger partial charge in [0.2, 0.25) is 0 Å². The van der Waals surface area contributed by atoms with Crippen LogP contribution >= 0.6 is 24.8 Å². The summed E-state index contributed by atoms with van der Waals surface area (Å²) in [6.07, 6.45) is -0.504. The molecule has 1 aliphatic rings. The number of hydrogen-bond acceptors (Lipinski definition) is 5. The predicted octanol–water partition coefficient (Wildman–Crippen LogP) is 2.35. The molecule has 2 aromatic heterocycles. The summed E-state index contributed by atoms with van der Waals surface area (Å²) in [6, 6.07) is 2.20. The smallest absolute Gasteiger partial charge is 0.333 e. The minimum absolute atomic E-state index is 0. The maximum atomic E-state index is 12.6. The molecule has 7 nitrogen and oxygen atoms in total. The van der Waals surface area contributed by atoms with Gasteiger partial charge < -0.3 is 10.2 Å². The number of aromatic nitrogens is 4. The van der Waals surface area contributed by atoms with E-state index in [0.717, 1.165) is 25.1 Å². The molecule has 1 fully saturated rings. The van der Waals surface area contributed by atoms with Crippen molar-refractivity contribution in [3.63, 3.8) is 0 Å². The van der Waals surface area contributed by atoms with Gasteiger partial charge in [-0.2, -0.15) is 13.2 Å². The number of nitrogens with one attached hydrogen (secondary N) is 1. The summed E-state index contributed by atoms with van der Waals surface area (Å²) in [4.78, 5) is 18.1. The fourth-order valence-corrected chi connectivity index (χ4v) is 2.86. The molecule has 150 valence electrons. The Hall–Kier alpha value is -1.91. The van der Waals surface area contributed by atoms with Crippen LogP contribution in [0.1, 0.15) is 28.9 Å². The number of amides is 1. The van der Waals surface area contributed by atoms with E-state index in [1.54, 1.807) is 4.90 Å². The number of alkyl halides is 3. The van der Waals surface area contributed by atoms with E-state index in [1.165, 1.54) is 16.9 Å². The van der Waals surface area contributed by atoms with Crippen LogP contribution in [0.15, 0.2) is 24.5 Å². The fraction of sp³-hybridized carbons (Fsp3) is 0.467. The van der Waals surface area contributed by atoms with Crippen LogP contribution in [0.5, 0.6) is 0 Å². The lowest BCUT2D eigenvalue weighted by Crippen LogP contribution is -2.41. The molecule has 1 saturated heterocycles. The Morgan fingerprint density at radius 1 is 1.33 bits per heavy atom. The Kier molecular flexibility index (Phi) is 8.00. The van der Waals surface area contributed by atoms with Crippen molar-refractivity contribution in [2.45, 2.75) is 25.1 Å². The summed E-state index contributed by atoms with van der Waals surface area (Å²) < 4.78 is 38.9. The number of pyridine rings is 1. The first-order valence-electron chi connectivity index (χ1n) is 7.81. The zero-order valence-electron chi connectivity index (χ0n) is 14.3. The average molecular weight is 427 g/mol. The predicted molar refractivity (Wildman–Crippen MR) is 96.6 cm³/mol. The molecule has 0 saturated carbocycles. The average Bonchev–Trinajstić information content (AvgIpc) is 3.23. The summed E-state index contributed by atoms with van der Waals surface area (Å²) in [7, 11) is 1.83. The number of hydrogen-bond donors (Lipinski definition) is 1. The van der Waals surface area contributed by atoms with Crippen molar-refractivity contribution in [2.75, 3.05) is 20.1 Å². The van der Waals surface area contributed by atoms with Gasteiger partial charge in [-0.15, -0.1) is 29.9 Å². The van der Waals surface area contributed by atoms with Crippen LogP contribution in [-0.4, -0.2) is 57.0 Å². The van der Waals surface area contributed by atoms with E-state index in [2.05, 4.69) is 20.6 Å². The molecule has 3 heterocycles. The second-order valence-electron chi connectivity index (χ2n) is 5.80. The quantitative estimate of drug-likeness (QED) is 0.811. The second kappa shape index (κ2) is 9.34. The van der Waals surface area contributed by atoms with Crippen molar-refractivity contribution in [1.29, 1.82) is 0 Å². The molecule has 0 aliphatic carbocycles. The maximum Gasteiger partial charge on any atom is 0.417 e. The molecule has 1 atom stereocenters. The Morgan fingerprint density at radius 2 is 2.07 bits per heavy atom. The van der Waals surface area contributed by atoms with Crippen LogP contribution in [0.3, 0.4) is 0 Å². The molecule has 0 radical (unpaired) electrons. The zero-order valence-corrected chi connectivity index (χ0v) is 15.9. The van der Waals surface area contributed by atoms with Crippen LogP contribution in [-0.2, 0) is 6.18 Å². The molecule has 1 unspecified atom stereocenters. The summed E-state index contributed by atoms with van der Waals surface area (Å²) in [6.45, 7) is 1.34. The summed E-state index contributed by atoms with van der Waals surface area (Å²) in [5.41, 5.74) is -0.704. The number of rotatable bonds is 4. The lowest BCUT2D eigenvalue weighted by Gasteiger charge is -2.23. The molecule has 2 aromatic rings. The van der Waals surface area contributed by atoms with Crippen molar-refractivity contribution in [1.82, 2.24) is 30.2 Å². The monoisotopic (exact) mass is 426 g/mol. The number of likely N-dealkylation sites (N-methyl/N-ethyl adjacent to an activating group) is 1. The minimum atomic E-state index is -4.45. The van der Waals surface area contributed by atoms with Gasteiger partial charge in [-0.25, -0.2) is 9.67 Å². The Morgan fingerprint density at radius 3 is 2.67 bits per heavy atom. The zero-order chi connectivity index (χ0) is 18.0. The van der Waals surface area contributed by atoms with Gasteiger partial charge in [0, 0.05) is 25.3 Å². The van der Waals surface area contributed by atoms with E-state index in [-0.39, 0.29) is 48.3 Å². The van der Waals surface area contributed by atoms with Gasteiger partial charge in [0.1, 0.15) is 0 Å². The summed E-state index contributed by atoms with van der Waals surface area (Å²) in [5, 5.41) is 10.7. The van der Waals surface area contributed by atoms with Crippen LogP contribution < -0.4 is 5.32 Å². The molecule has 1 amide bonds. The normalized spacial score (nSPS) is 16.6. The Labute approximate surface area is 166 Å². The maximum absolute atomic E-state index is 12.6. The minimum Gasteiger partial charge on any atom is -0.333 e. The molecule has 12 heteroatoms.